The van der Waals surface area contributed by atoms with E-state index in [0.29, 0.717) is 47.1 Å². The lowest BCUT2D eigenvalue weighted by molar-refractivity contribution is -0.133. The standard InChI is InChI=1S/C33H40N10O6/c1-47-27-16-26-24(30(48-2)31(27)49-3)15-23-19-41(29(45)20-43-21-36-38-39-43)14-13-40(33(46)25-8-4-5-10-34-25)12-9-28(44)35-17-22-7-6-11-42(18-22)32(23)37-26/h4-5,8,10,15-16,21-22H,6-7,9,11-14,17-20H2,1-3H3,(H,35,44). The summed E-state index contributed by atoms with van der Waals surface area (Å²) in [5.41, 5.74) is 1.68. The van der Waals surface area contributed by atoms with Gasteiger partial charge in [-0.2, -0.15) is 0 Å². The number of carbonyl (C=O) groups excluding carboxylic acids is 3. The summed E-state index contributed by atoms with van der Waals surface area (Å²) in [5.74, 6) is 1.53. The molecule has 1 aromatic carbocycles. The van der Waals surface area contributed by atoms with Crippen molar-refractivity contribution in [2.75, 3.05) is 65.5 Å². The smallest absolute Gasteiger partial charge is 0.272 e. The highest BCUT2D eigenvalue weighted by molar-refractivity contribution is 5.93. The summed E-state index contributed by atoms with van der Waals surface area (Å²) in [5, 5.41) is 15.0. The maximum Gasteiger partial charge on any atom is 0.272 e. The average molecular weight is 673 g/mol. The summed E-state index contributed by atoms with van der Waals surface area (Å²) in [4.78, 5) is 55.5. The number of amides is 3. The maximum absolute atomic E-state index is 14.0. The fourth-order valence-corrected chi connectivity index (χ4v) is 6.42. The van der Waals surface area contributed by atoms with Crippen LogP contribution in [0.25, 0.3) is 10.9 Å². The Bertz CT molecular complexity index is 1790. The predicted molar refractivity (Wildman–Crippen MR) is 177 cm³/mol. The molecule has 2 bridgehead atoms. The molecule has 3 amide bonds. The monoisotopic (exact) mass is 672 g/mol. The molecule has 16 heteroatoms. The first-order valence-corrected chi connectivity index (χ1v) is 16.2. The lowest BCUT2D eigenvalue weighted by Crippen LogP contribution is -2.43. The van der Waals surface area contributed by atoms with Crippen LogP contribution in [0.15, 0.2) is 42.9 Å². The van der Waals surface area contributed by atoms with Gasteiger partial charge in [0, 0.05) is 75.4 Å². The van der Waals surface area contributed by atoms with Gasteiger partial charge in [-0.3, -0.25) is 19.4 Å². The Morgan fingerprint density at radius 1 is 1.00 bits per heavy atom. The number of aromatic nitrogens is 6. The number of hydrogen-bond donors (Lipinski definition) is 1. The van der Waals surface area contributed by atoms with E-state index in [2.05, 4.69) is 30.7 Å². The van der Waals surface area contributed by atoms with Gasteiger partial charge >= 0.3 is 0 Å². The summed E-state index contributed by atoms with van der Waals surface area (Å²) < 4.78 is 18.5. The van der Waals surface area contributed by atoms with Crippen LogP contribution in [-0.2, 0) is 22.7 Å². The van der Waals surface area contributed by atoms with Crippen molar-refractivity contribution in [1.82, 2.24) is 45.3 Å². The summed E-state index contributed by atoms with van der Waals surface area (Å²) in [6, 6.07) is 8.91. The zero-order valence-electron chi connectivity index (χ0n) is 27.9. The third-order valence-corrected chi connectivity index (χ3v) is 8.91. The number of pyridine rings is 2. The third-order valence-electron chi connectivity index (χ3n) is 8.91. The first-order valence-electron chi connectivity index (χ1n) is 16.2. The molecule has 16 nitrogen and oxygen atoms in total. The second-order valence-electron chi connectivity index (χ2n) is 12.0. The van der Waals surface area contributed by atoms with Crippen LogP contribution in [0.5, 0.6) is 17.2 Å². The number of fused-ring (bicyclic) bond motifs is 5. The van der Waals surface area contributed by atoms with Crippen LogP contribution in [0.2, 0.25) is 0 Å². The summed E-state index contributed by atoms with van der Waals surface area (Å²) in [7, 11) is 4.67. The van der Waals surface area contributed by atoms with Crippen molar-refractivity contribution in [3.05, 3.63) is 54.1 Å². The molecule has 0 radical (unpaired) electrons. The van der Waals surface area contributed by atoms with Crippen molar-refractivity contribution in [2.45, 2.75) is 32.4 Å². The average Bonchev–Trinajstić information content (AvgIpc) is 3.65. The number of rotatable bonds is 6. The number of nitrogens with zero attached hydrogens (tertiary/aromatic N) is 9. The van der Waals surface area contributed by atoms with Crippen molar-refractivity contribution in [1.29, 1.82) is 0 Å². The zero-order valence-corrected chi connectivity index (χ0v) is 27.9. The molecule has 3 aromatic heterocycles. The van der Waals surface area contributed by atoms with Crippen LogP contribution in [0, 0.1) is 5.92 Å². The molecule has 1 atom stereocenters. The van der Waals surface area contributed by atoms with E-state index in [0.717, 1.165) is 24.9 Å². The Hall–Kier alpha value is -5.54. The van der Waals surface area contributed by atoms with E-state index < -0.39 is 0 Å². The molecule has 4 aromatic rings. The van der Waals surface area contributed by atoms with Gasteiger partial charge in [-0.1, -0.05) is 6.07 Å². The maximum atomic E-state index is 14.0. The third kappa shape index (κ3) is 7.47. The Morgan fingerprint density at radius 3 is 2.57 bits per heavy atom. The highest BCUT2D eigenvalue weighted by Crippen LogP contribution is 2.44. The molecule has 258 valence electrons. The normalized spacial score (nSPS) is 17.4. The van der Waals surface area contributed by atoms with Crippen LogP contribution in [-0.4, -0.2) is 118 Å². The number of methoxy groups -OCH3 is 3. The highest BCUT2D eigenvalue weighted by atomic mass is 16.5. The van der Waals surface area contributed by atoms with Crippen molar-refractivity contribution in [3.63, 3.8) is 0 Å². The minimum atomic E-state index is -0.327. The molecule has 49 heavy (non-hydrogen) atoms. The topological polar surface area (TPSA) is 170 Å². The summed E-state index contributed by atoms with van der Waals surface area (Å²) in [6.07, 6.45) is 4.89. The van der Waals surface area contributed by atoms with Gasteiger partial charge in [0.15, 0.2) is 11.5 Å². The molecule has 2 aliphatic rings. The Balaban J connectivity index is 1.45. The van der Waals surface area contributed by atoms with Gasteiger partial charge < -0.3 is 34.2 Å². The predicted octanol–water partition coefficient (Wildman–Crippen LogP) is 1.55. The van der Waals surface area contributed by atoms with E-state index in [1.165, 1.54) is 11.0 Å². The van der Waals surface area contributed by atoms with Gasteiger partial charge in [0.25, 0.3) is 5.91 Å². The number of ether oxygens (including phenoxy) is 3. The summed E-state index contributed by atoms with van der Waals surface area (Å²) in [6.45, 7) is 2.45. The van der Waals surface area contributed by atoms with Gasteiger partial charge in [0.2, 0.25) is 17.6 Å². The molecule has 0 spiro atoms. The van der Waals surface area contributed by atoms with E-state index in [-0.39, 0.29) is 68.5 Å². The van der Waals surface area contributed by atoms with Gasteiger partial charge in [-0.15, -0.1) is 5.10 Å². The molecule has 6 rings (SSSR count). The minimum Gasteiger partial charge on any atom is -0.493 e. The molecule has 1 unspecified atom stereocenters. The zero-order chi connectivity index (χ0) is 34.3. The van der Waals surface area contributed by atoms with Crippen LogP contribution in [0.4, 0.5) is 5.82 Å². The number of piperidine rings is 1. The molecule has 2 aliphatic heterocycles. The largest absolute Gasteiger partial charge is 0.493 e. The molecule has 1 fully saturated rings. The van der Waals surface area contributed by atoms with E-state index in [1.807, 2.05) is 12.1 Å². The highest BCUT2D eigenvalue weighted by Gasteiger charge is 2.29. The lowest BCUT2D eigenvalue weighted by Gasteiger charge is -2.35. The number of anilines is 1. The second-order valence-corrected chi connectivity index (χ2v) is 12.0. The lowest BCUT2D eigenvalue weighted by atomic mass is 9.97. The molecule has 1 N–H and O–H groups in total. The number of tetrazole rings is 1. The number of hydrogen-bond acceptors (Lipinski definition) is 12. The van der Waals surface area contributed by atoms with E-state index in [1.54, 1.807) is 55.5 Å². The quantitative estimate of drug-likeness (QED) is 0.314. The van der Waals surface area contributed by atoms with Gasteiger partial charge in [0.05, 0.1) is 26.8 Å². The number of carbonyl (C=O) groups is 3. The van der Waals surface area contributed by atoms with Crippen molar-refractivity contribution >= 4 is 34.4 Å². The van der Waals surface area contributed by atoms with Crippen molar-refractivity contribution < 1.29 is 28.6 Å². The summed E-state index contributed by atoms with van der Waals surface area (Å²) >= 11 is 0. The van der Waals surface area contributed by atoms with Crippen LogP contribution >= 0.6 is 0 Å². The second kappa shape index (κ2) is 15.1. The number of benzene rings is 1. The van der Waals surface area contributed by atoms with Crippen molar-refractivity contribution in [2.24, 2.45) is 5.92 Å². The Kier molecular flexibility index (Phi) is 10.3. The molecule has 5 heterocycles. The molecular weight excluding hydrogens is 632 g/mol. The van der Waals surface area contributed by atoms with E-state index >= 15 is 0 Å². The first-order chi connectivity index (χ1) is 23.9. The first kappa shape index (κ1) is 33.4. The fourth-order valence-electron chi connectivity index (χ4n) is 6.42. The van der Waals surface area contributed by atoms with Gasteiger partial charge in [-0.25, -0.2) is 9.67 Å². The van der Waals surface area contributed by atoms with E-state index in [4.69, 9.17) is 19.2 Å². The Labute approximate surface area is 283 Å². The van der Waals surface area contributed by atoms with Crippen LogP contribution in [0.1, 0.15) is 35.3 Å². The fraction of sp³-hybridized carbons (Fsp3) is 0.455. The molecule has 0 saturated carbocycles. The molecular formula is C33H40N10O6. The number of nitrogens with one attached hydrogen (secondary N) is 1. The minimum absolute atomic E-state index is 0.111. The van der Waals surface area contributed by atoms with Gasteiger partial charge in [-0.05, 0) is 47.4 Å². The van der Waals surface area contributed by atoms with Crippen LogP contribution in [0.3, 0.4) is 0 Å². The SMILES string of the molecule is COc1cc2nc3c(cc2c(OC)c1OC)CN(C(=O)Cn1cnnn1)CCN(C(=O)c1ccccn1)CCC(=O)NCC1CCCN3C1. The van der Waals surface area contributed by atoms with Crippen LogP contribution < -0.4 is 24.4 Å². The van der Waals surface area contributed by atoms with Gasteiger partial charge in [0.1, 0.15) is 24.4 Å². The Morgan fingerprint density at radius 2 is 1.84 bits per heavy atom. The van der Waals surface area contributed by atoms with E-state index in [9.17, 15) is 14.4 Å². The molecule has 1 saturated heterocycles. The van der Waals surface area contributed by atoms with Crippen molar-refractivity contribution in [3.8, 4) is 17.2 Å². The molecule has 0 aliphatic carbocycles.